The maximum atomic E-state index is 12.0. The normalized spacial score (nSPS) is 11.6. The molecule has 126 valence electrons. The third-order valence-electron chi connectivity index (χ3n) is 3.82. The van der Waals surface area contributed by atoms with Gasteiger partial charge in [0, 0.05) is 0 Å². The molecule has 5 nitrogen and oxygen atoms in total. The molecule has 2 N–H and O–H groups in total. The first-order valence-electron chi connectivity index (χ1n) is 7.72. The van der Waals surface area contributed by atoms with E-state index in [1.54, 1.807) is 0 Å². The van der Waals surface area contributed by atoms with Crippen molar-refractivity contribution in [2.75, 3.05) is 0 Å². The number of aliphatic carboxylic acids is 1. The van der Waals surface area contributed by atoms with E-state index in [4.69, 9.17) is 9.84 Å². The van der Waals surface area contributed by atoms with Crippen molar-refractivity contribution < 1.29 is 19.4 Å². The molecule has 1 amide bonds. The summed E-state index contributed by atoms with van der Waals surface area (Å²) in [5.41, 5.74) is 3.77. The molecule has 2 aromatic carbocycles. The van der Waals surface area contributed by atoms with Crippen LogP contribution in [0.1, 0.15) is 34.7 Å². The molecule has 0 heterocycles. The first kappa shape index (κ1) is 17.5. The maximum Gasteiger partial charge on any atom is 0.407 e. The summed E-state index contributed by atoms with van der Waals surface area (Å²) in [5.74, 6) is -0.985. The van der Waals surface area contributed by atoms with Crippen LogP contribution in [0.5, 0.6) is 0 Å². The number of hydrogen-bond acceptors (Lipinski definition) is 3. The molecular weight excluding hydrogens is 306 g/mol. The molecule has 1 atom stereocenters. The van der Waals surface area contributed by atoms with Crippen LogP contribution in [0.25, 0.3) is 0 Å². The minimum Gasteiger partial charge on any atom is -0.481 e. The molecule has 2 aromatic rings. The number of carbonyl (C=O) groups excluding carboxylic acids is 1. The standard InChI is InChI=1S/C19H21NO4/c1-13-8-9-16(10-14(13)2)17(11-18(21)22)20-19(23)24-12-15-6-4-3-5-7-15/h3-10,17H,11-12H2,1-2H3,(H,20,23)(H,21,22). The van der Waals surface area contributed by atoms with E-state index in [0.29, 0.717) is 0 Å². The first-order chi connectivity index (χ1) is 11.5. The molecule has 2 rings (SSSR count). The van der Waals surface area contributed by atoms with Gasteiger partial charge in [-0.3, -0.25) is 4.79 Å². The Labute approximate surface area is 141 Å². The number of carbonyl (C=O) groups is 2. The van der Waals surface area contributed by atoms with Gasteiger partial charge in [-0.15, -0.1) is 0 Å². The minimum atomic E-state index is -0.985. The second kappa shape index (κ2) is 8.15. The van der Waals surface area contributed by atoms with Gasteiger partial charge in [0.15, 0.2) is 0 Å². The summed E-state index contributed by atoms with van der Waals surface area (Å²) < 4.78 is 5.17. The zero-order valence-corrected chi connectivity index (χ0v) is 13.8. The first-order valence-corrected chi connectivity index (χ1v) is 7.72. The minimum absolute atomic E-state index is 0.138. The Kier molecular flexibility index (Phi) is 5.95. The number of carboxylic acids is 1. The lowest BCUT2D eigenvalue weighted by Crippen LogP contribution is -2.30. The molecule has 0 aliphatic heterocycles. The molecule has 0 aromatic heterocycles. The van der Waals surface area contributed by atoms with Gasteiger partial charge in [0.1, 0.15) is 6.61 Å². The lowest BCUT2D eigenvalue weighted by atomic mass is 9.99. The Morgan fingerprint density at radius 2 is 1.79 bits per heavy atom. The average Bonchev–Trinajstić information content (AvgIpc) is 2.55. The summed E-state index contributed by atoms with van der Waals surface area (Å²) >= 11 is 0. The molecule has 24 heavy (non-hydrogen) atoms. The van der Waals surface area contributed by atoms with E-state index in [1.165, 1.54) is 0 Å². The third kappa shape index (κ3) is 5.12. The molecule has 0 bridgehead atoms. The van der Waals surface area contributed by atoms with Gasteiger partial charge < -0.3 is 15.2 Å². The Morgan fingerprint density at radius 3 is 2.42 bits per heavy atom. The zero-order valence-electron chi connectivity index (χ0n) is 13.8. The molecule has 5 heteroatoms. The summed E-state index contributed by atoms with van der Waals surface area (Å²) in [6.07, 6.45) is -0.841. The average molecular weight is 327 g/mol. The van der Waals surface area contributed by atoms with Crippen molar-refractivity contribution in [3.63, 3.8) is 0 Å². The molecule has 0 saturated carbocycles. The SMILES string of the molecule is Cc1ccc(C(CC(=O)O)NC(=O)OCc2ccccc2)cc1C. The van der Waals surface area contributed by atoms with E-state index < -0.39 is 18.1 Å². The largest absolute Gasteiger partial charge is 0.481 e. The van der Waals surface area contributed by atoms with Crippen LogP contribution in [0.15, 0.2) is 48.5 Å². The van der Waals surface area contributed by atoms with Crippen molar-refractivity contribution >= 4 is 12.1 Å². The highest BCUT2D eigenvalue weighted by molar-refractivity contribution is 5.72. The summed E-state index contributed by atoms with van der Waals surface area (Å²) in [4.78, 5) is 23.1. The second-order valence-electron chi connectivity index (χ2n) is 5.70. The Balaban J connectivity index is 2.03. The van der Waals surface area contributed by atoms with E-state index >= 15 is 0 Å². The van der Waals surface area contributed by atoms with Crippen LogP contribution in [0.4, 0.5) is 4.79 Å². The predicted octanol–water partition coefficient (Wildman–Crippen LogP) is 3.75. The van der Waals surface area contributed by atoms with E-state index in [9.17, 15) is 9.59 Å². The smallest absolute Gasteiger partial charge is 0.407 e. The molecule has 0 aliphatic carbocycles. The van der Waals surface area contributed by atoms with Gasteiger partial charge in [-0.05, 0) is 36.1 Å². The third-order valence-corrected chi connectivity index (χ3v) is 3.82. The molecule has 0 spiro atoms. The quantitative estimate of drug-likeness (QED) is 0.847. The van der Waals surface area contributed by atoms with Crippen LogP contribution < -0.4 is 5.32 Å². The van der Waals surface area contributed by atoms with Crippen LogP contribution in [0, 0.1) is 13.8 Å². The van der Waals surface area contributed by atoms with E-state index in [1.807, 2.05) is 62.4 Å². The van der Waals surface area contributed by atoms with Crippen molar-refractivity contribution in [1.29, 1.82) is 0 Å². The number of nitrogens with one attached hydrogen (secondary N) is 1. The number of amides is 1. The number of carboxylic acid groups (broad SMARTS) is 1. The Bertz CT molecular complexity index is 713. The highest BCUT2D eigenvalue weighted by Crippen LogP contribution is 2.20. The number of rotatable bonds is 6. The highest BCUT2D eigenvalue weighted by atomic mass is 16.5. The Morgan fingerprint density at radius 1 is 1.08 bits per heavy atom. The zero-order chi connectivity index (χ0) is 17.5. The molecule has 0 aliphatic rings. The van der Waals surface area contributed by atoms with Crippen molar-refractivity contribution in [3.05, 3.63) is 70.8 Å². The van der Waals surface area contributed by atoms with Gasteiger partial charge in [0.25, 0.3) is 0 Å². The Hall–Kier alpha value is -2.82. The molecular formula is C19H21NO4. The van der Waals surface area contributed by atoms with Gasteiger partial charge >= 0.3 is 12.1 Å². The van der Waals surface area contributed by atoms with Crippen LogP contribution in [0.3, 0.4) is 0 Å². The topological polar surface area (TPSA) is 75.6 Å². The number of aryl methyl sites for hydroxylation is 2. The molecule has 1 unspecified atom stereocenters. The van der Waals surface area contributed by atoms with Crippen LogP contribution in [-0.2, 0) is 16.1 Å². The molecule has 0 radical (unpaired) electrons. The lowest BCUT2D eigenvalue weighted by Gasteiger charge is -2.18. The monoisotopic (exact) mass is 327 g/mol. The van der Waals surface area contributed by atoms with Gasteiger partial charge in [-0.2, -0.15) is 0 Å². The fourth-order valence-corrected chi connectivity index (χ4v) is 2.32. The van der Waals surface area contributed by atoms with Crippen molar-refractivity contribution in [1.82, 2.24) is 5.32 Å². The van der Waals surface area contributed by atoms with Crippen molar-refractivity contribution in [2.24, 2.45) is 0 Å². The fraction of sp³-hybridized carbons (Fsp3) is 0.263. The van der Waals surface area contributed by atoms with E-state index in [2.05, 4.69) is 5.32 Å². The van der Waals surface area contributed by atoms with Crippen LogP contribution in [0.2, 0.25) is 0 Å². The lowest BCUT2D eigenvalue weighted by molar-refractivity contribution is -0.137. The van der Waals surface area contributed by atoms with E-state index in [0.717, 1.165) is 22.3 Å². The molecule has 0 saturated heterocycles. The number of hydrogen-bond donors (Lipinski definition) is 2. The van der Waals surface area contributed by atoms with E-state index in [-0.39, 0.29) is 13.0 Å². The molecule has 0 fully saturated rings. The van der Waals surface area contributed by atoms with Gasteiger partial charge in [-0.1, -0.05) is 48.5 Å². The second-order valence-corrected chi connectivity index (χ2v) is 5.70. The summed E-state index contributed by atoms with van der Waals surface area (Å²) in [7, 11) is 0. The predicted molar refractivity (Wildman–Crippen MR) is 90.7 cm³/mol. The van der Waals surface area contributed by atoms with Crippen molar-refractivity contribution in [2.45, 2.75) is 32.9 Å². The summed E-state index contributed by atoms with van der Waals surface area (Å²) in [6, 6.07) is 14.3. The van der Waals surface area contributed by atoms with Crippen molar-refractivity contribution in [3.8, 4) is 0 Å². The van der Waals surface area contributed by atoms with Gasteiger partial charge in [0.05, 0.1) is 12.5 Å². The summed E-state index contributed by atoms with van der Waals surface area (Å²) in [5, 5.41) is 11.7. The van der Waals surface area contributed by atoms with Crippen LogP contribution >= 0.6 is 0 Å². The highest BCUT2D eigenvalue weighted by Gasteiger charge is 2.19. The summed E-state index contributed by atoms with van der Waals surface area (Å²) in [6.45, 7) is 4.07. The van der Waals surface area contributed by atoms with Crippen LogP contribution in [-0.4, -0.2) is 17.2 Å². The van der Waals surface area contributed by atoms with Gasteiger partial charge in [0.2, 0.25) is 0 Å². The maximum absolute atomic E-state index is 12.0. The fourth-order valence-electron chi connectivity index (χ4n) is 2.32. The number of ether oxygens (including phenoxy) is 1. The van der Waals surface area contributed by atoms with Gasteiger partial charge in [-0.25, -0.2) is 4.79 Å². The number of benzene rings is 2. The number of alkyl carbamates (subject to hydrolysis) is 1.